The van der Waals surface area contributed by atoms with Gasteiger partial charge >= 0.3 is 0 Å². The van der Waals surface area contributed by atoms with Gasteiger partial charge in [-0.1, -0.05) is 12.1 Å². The van der Waals surface area contributed by atoms with Gasteiger partial charge in [-0.15, -0.1) is 0 Å². The molecule has 5 nitrogen and oxygen atoms in total. The van der Waals surface area contributed by atoms with Crippen molar-refractivity contribution in [1.82, 2.24) is 0 Å². The molecule has 0 spiro atoms. The number of ether oxygens (including phenoxy) is 4. The molecule has 0 amide bonds. The summed E-state index contributed by atoms with van der Waals surface area (Å²) in [6, 6.07) is 7.74. The highest BCUT2D eigenvalue weighted by Crippen LogP contribution is 2.42. The molecule has 1 aliphatic rings. The maximum atomic E-state index is 10.5. The summed E-state index contributed by atoms with van der Waals surface area (Å²) in [5, 5.41) is 10.5. The Balaban J connectivity index is 2.13. The van der Waals surface area contributed by atoms with E-state index >= 15 is 0 Å². The lowest BCUT2D eigenvalue weighted by atomic mass is 9.90. The van der Waals surface area contributed by atoms with Crippen molar-refractivity contribution in [2.75, 3.05) is 28.4 Å². The molecule has 0 atom stereocenters. The van der Waals surface area contributed by atoms with Gasteiger partial charge in [0.1, 0.15) is 0 Å². The van der Waals surface area contributed by atoms with Crippen LogP contribution in [0.1, 0.15) is 36.0 Å². The van der Waals surface area contributed by atoms with Gasteiger partial charge in [-0.25, -0.2) is 0 Å². The Hall–Kier alpha value is -2.82. The summed E-state index contributed by atoms with van der Waals surface area (Å²) < 4.78 is 21.7. The van der Waals surface area contributed by atoms with Crippen LogP contribution in [0.4, 0.5) is 0 Å². The van der Waals surface area contributed by atoms with Crippen LogP contribution in [-0.4, -0.2) is 33.5 Å². The minimum atomic E-state index is 0.234. The monoisotopic (exact) mass is 370 g/mol. The number of hydrogen-bond donors (Lipinski definition) is 1. The molecule has 0 saturated heterocycles. The fraction of sp³-hybridized carbons (Fsp3) is 0.364. The van der Waals surface area contributed by atoms with Crippen molar-refractivity contribution < 1.29 is 24.1 Å². The van der Waals surface area contributed by atoms with Gasteiger partial charge in [0.25, 0.3) is 0 Å². The number of phenolic OH excluding ortho intramolecular Hbond substituents is 1. The molecular formula is C22H26O5. The van der Waals surface area contributed by atoms with E-state index in [0.29, 0.717) is 23.0 Å². The van der Waals surface area contributed by atoms with E-state index in [0.717, 1.165) is 42.4 Å². The summed E-state index contributed by atoms with van der Waals surface area (Å²) in [4.78, 5) is 0. The van der Waals surface area contributed by atoms with Gasteiger partial charge in [0.2, 0.25) is 5.75 Å². The maximum absolute atomic E-state index is 10.5. The van der Waals surface area contributed by atoms with Crippen LogP contribution >= 0.6 is 0 Å². The molecule has 3 rings (SSSR count). The second-order valence-corrected chi connectivity index (χ2v) is 6.47. The Morgan fingerprint density at radius 1 is 0.778 bits per heavy atom. The van der Waals surface area contributed by atoms with Crippen molar-refractivity contribution >= 4 is 11.6 Å². The Morgan fingerprint density at radius 3 is 2.00 bits per heavy atom. The average Bonchev–Trinajstić information content (AvgIpc) is 2.68. The van der Waals surface area contributed by atoms with E-state index in [-0.39, 0.29) is 5.75 Å². The van der Waals surface area contributed by atoms with Crippen LogP contribution in [0, 0.1) is 0 Å². The predicted octanol–water partition coefficient (Wildman–Crippen LogP) is 4.69. The summed E-state index contributed by atoms with van der Waals surface area (Å²) in [5.41, 5.74) is 4.13. The molecule has 0 saturated carbocycles. The van der Waals surface area contributed by atoms with Crippen molar-refractivity contribution in [3.8, 4) is 28.7 Å². The van der Waals surface area contributed by atoms with Crippen molar-refractivity contribution in [3.63, 3.8) is 0 Å². The first-order valence-electron chi connectivity index (χ1n) is 9.02. The molecule has 0 unspecified atom stereocenters. The van der Waals surface area contributed by atoms with Gasteiger partial charge in [-0.05, 0) is 60.6 Å². The number of methoxy groups -OCH3 is 4. The van der Waals surface area contributed by atoms with Gasteiger partial charge in [0, 0.05) is 5.56 Å². The van der Waals surface area contributed by atoms with Gasteiger partial charge in [0.05, 0.1) is 28.4 Å². The van der Waals surface area contributed by atoms with Gasteiger partial charge in [0.15, 0.2) is 23.0 Å². The SMILES string of the molecule is COc1ccc2c(c1O)CCCC/C(c1cc(OC)c(OC)c(OC)c1)=C\2. The van der Waals surface area contributed by atoms with Crippen molar-refractivity contribution in [2.24, 2.45) is 0 Å². The predicted molar refractivity (Wildman–Crippen MR) is 106 cm³/mol. The van der Waals surface area contributed by atoms with Crippen molar-refractivity contribution in [2.45, 2.75) is 25.7 Å². The minimum Gasteiger partial charge on any atom is -0.504 e. The van der Waals surface area contributed by atoms with Gasteiger partial charge < -0.3 is 24.1 Å². The third kappa shape index (κ3) is 3.68. The lowest BCUT2D eigenvalue weighted by Gasteiger charge is -2.19. The average molecular weight is 370 g/mol. The molecular weight excluding hydrogens is 344 g/mol. The normalized spacial score (nSPS) is 15.6. The molecule has 1 N–H and O–H groups in total. The highest BCUT2D eigenvalue weighted by molar-refractivity contribution is 5.85. The number of benzene rings is 2. The second kappa shape index (κ2) is 8.25. The largest absolute Gasteiger partial charge is 0.504 e. The molecule has 1 aliphatic carbocycles. The van der Waals surface area contributed by atoms with Crippen LogP contribution < -0.4 is 18.9 Å². The number of rotatable bonds is 5. The van der Waals surface area contributed by atoms with E-state index in [1.54, 1.807) is 34.5 Å². The summed E-state index contributed by atoms with van der Waals surface area (Å²) in [5.74, 6) is 2.59. The first kappa shape index (κ1) is 19.0. The van der Waals surface area contributed by atoms with E-state index in [1.165, 1.54) is 5.57 Å². The Morgan fingerprint density at radius 2 is 1.41 bits per heavy atom. The number of allylic oxidation sites excluding steroid dienone is 1. The van der Waals surface area contributed by atoms with Crippen LogP contribution in [0.3, 0.4) is 0 Å². The van der Waals surface area contributed by atoms with E-state index in [2.05, 4.69) is 6.08 Å². The van der Waals surface area contributed by atoms with Crippen LogP contribution in [0.5, 0.6) is 28.7 Å². The minimum absolute atomic E-state index is 0.234. The number of aromatic hydroxyl groups is 1. The maximum Gasteiger partial charge on any atom is 0.203 e. The van der Waals surface area contributed by atoms with Crippen LogP contribution in [-0.2, 0) is 6.42 Å². The van der Waals surface area contributed by atoms with E-state index < -0.39 is 0 Å². The van der Waals surface area contributed by atoms with Gasteiger partial charge in [-0.2, -0.15) is 0 Å². The van der Waals surface area contributed by atoms with Gasteiger partial charge in [-0.3, -0.25) is 0 Å². The summed E-state index contributed by atoms with van der Waals surface area (Å²) >= 11 is 0. The third-order valence-electron chi connectivity index (χ3n) is 4.99. The topological polar surface area (TPSA) is 57.2 Å². The lowest BCUT2D eigenvalue weighted by Crippen LogP contribution is -2.00. The fourth-order valence-corrected chi connectivity index (χ4v) is 3.56. The second-order valence-electron chi connectivity index (χ2n) is 6.47. The van der Waals surface area contributed by atoms with Crippen molar-refractivity contribution in [1.29, 1.82) is 0 Å². The molecule has 2 aromatic rings. The zero-order chi connectivity index (χ0) is 19.4. The summed E-state index contributed by atoms with van der Waals surface area (Å²) in [6.45, 7) is 0. The molecule has 0 fully saturated rings. The van der Waals surface area contributed by atoms with E-state index in [9.17, 15) is 5.11 Å². The lowest BCUT2D eigenvalue weighted by molar-refractivity contribution is 0.324. The third-order valence-corrected chi connectivity index (χ3v) is 4.99. The first-order chi connectivity index (χ1) is 13.1. The molecule has 0 radical (unpaired) electrons. The quantitative estimate of drug-likeness (QED) is 0.827. The highest BCUT2D eigenvalue weighted by atomic mass is 16.5. The molecule has 0 heterocycles. The highest BCUT2D eigenvalue weighted by Gasteiger charge is 2.18. The van der Waals surface area contributed by atoms with Crippen LogP contribution in [0.2, 0.25) is 0 Å². The Kier molecular flexibility index (Phi) is 5.79. The first-order valence-corrected chi connectivity index (χ1v) is 9.02. The zero-order valence-corrected chi connectivity index (χ0v) is 16.3. The zero-order valence-electron chi connectivity index (χ0n) is 16.3. The Bertz CT molecular complexity index is 829. The molecule has 27 heavy (non-hydrogen) atoms. The van der Waals surface area contributed by atoms with Crippen molar-refractivity contribution in [3.05, 3.63) is 41.0 Å². The summed E-state index contributed by atoms with van der Waals surface area (Å²) in [7, 11) is 6.41. The van der Waals surface area contributed by atoms with Crippen LogP contribution in [0.15, 0.2) is 24.3 Å². The molecule has 0 aliphatic heterocycles. The molecule has 0 aromatic heterocycles. The number of fused-ring (bicyclic) bond motifs is 1. The standard InChI is InChI=1S/C22H26O5/c1-24-18-10-9-15-11-14(7-5-6-8-17(15)21(18)23)16-12-19(25-2)22(27-4)20(13-16)26-3/h9-13,23H,5-8H2,1-4H3/b14-11+. The number of phenols is 1. The van der Waals surface area contributed by atoms with Crippen LogP contribution in [0.25, 0.3) is 11.6 Å². The molecule has 0 bridgehead atoms. The number of hydrogen-bond acceptors (Lipinski definition) is 5. The smallest absolute Gasteiger partial charge is 0.203 e. The molecule has 2 aromatic carbocycles. The van der Waals surface area contributed by atoms with E-state index in [1.807, 2.05) is 18.2 Å². The molecule has 144 valence electrons. The Labute approximate surface area is 160 Å². The van der Waals surface area contributed by atoms with E-state index in [4.69, 9.17) is 18.9 Å². The fourth-order valence-electron chi connectivity index (χ4n) is 3.56. The molecule has 5 heteroatoms. The summed E-state index contributed by atoms with van der Waals surface area (Å²) in [6.07, 6.45) is 5.92.